The van der Waals surface area contributed by atoms with Gasteiger partial charge in [0.15, 0.2) is 0 Å². The number of para-hydroxylation sites is 1. The number of piperidine rings is 1. The van der Waals surface area contributed by atoms with Gasteiger partial charge in [0.25, 0.3) is 5.91 Å². The van der Waals surface area contributed by atoms with Crippen molar-refractivity contribution in [3.8, 4) is 0 Å². The van der Waals surface area contributed by atoms with Crippen LogP contribution in [0, 0.1) is 11.3 Å². The Hall–Kier alpha value is -2.90. The zero-order valence-corrected chi connectivity index (χ0v) is 22.8. The lowest BCUT2D eigenvalue weighted by Gasteiger charge is -2.53. The van der Waals surface area contributed by atoms with Crippen molar-refractivity contribution >= 4 is 40.5 Å². The Morgan fingerprint density at radius 3 is 2.26 bits per heavy atom. The molecule has 7 rings (SSSR count). The van der Waals surface area contributed by atoms with Crippen LogP contribution in [0.25, 0.3) is 0 Å². The third kappa shape index (κ3) is 3.09. The van der Waals surface area contributed by atoms with Gasteiger partial charge in [0.05, 0.1) is 17.2 Å². The Morgan fingerprint density at radius 1 is 0.895 bits per heavy atom. The van der Waals surface area contributed by atoms with E-state index in [-0.39, 0.29) is 23.8 Å². The zero-order valence-electron chi connectivity index (χ0n) is 21.3. The fraction of sp³-hybridized carbons (Fsp3) is 0.333. The number of benzene rings is 3. The summed E-state index contributed by atoms with van der Waals surface area (Å²) in [5.41, 5.74) is 7.27. The molecule has 4 aliphatic heterocycles. The van der Waals surface area contributed by atoms with Crippen LogP contribution in [0.2, 0.25) is 10.0 Å². The Morgan fingerprint density at radius 2 is 1.55 bits per heavy atom. The number of likely N-dealkylation sites (N-methyl/N-ethyl adjacent to an activating group) is 1. The first kappa shape index (κ1) is 24.2. The highest BCUT2D eigenvalue weighted by atomic mass is 35.5. The molecule has 3 aromatic carbocycles. The number of hydrazone groups is 1. The van der Waals surface area contributed by atoms with Crippen molar-refractivity contribution in [2.75, 3.05) is 39.0 Å². The van der Waals surface area contributed by atoms with Gasteiger partial charge in [-0.05, 0) is 55.6 Å². The molecule has 0 aromatic heterocycles. The number of carbonyl (C=O) groups excluding carboxylic acids is 1. The van der Waals surface area contributed by atoms with Crippen LogP contribution in [-0.2, 0) is 10.3 Å². The predicted molar refractivity (Wildman–Crippen MR) is 152 cm³/mol. The summed E-state index contributed by atoms with van der Waals surface area (Å²) < 4.78 is 0. The maximum Gasteiger partial charge on any atom is 0.250 e. The van der Waals surface area contributed by atoms with E-state index in [9.17, 15) is 4.79 Å². The van der Waals surface area contributed by atoms with Gasteiger partial charge < -0.3 is 15.6 Å². The number of fused-ring (bicyclic) bond motifs is 5. The first-order chi connectivity index (χ1) is 18.4. The van der Waals surface area contributed by atoms with Crippen molar-refractivity contribution in [1.29, 1.82) is 0 Å². The largest absolute Gasteiger partial charge is 0.324 e. The van der Waals surface area contributed by atoms with E-state index in [0.717, 1.165) is 29.1 Å². The second-order valence-corrected chi connectivity index (χ2v) is 12.0. The minimum atomic E-state index is -0.907. The Kier molecular flexibility index (Phi) is 5.44. The Labute approximate surface area is 232 Å². The summed E-state index contributed by atoms with van der Waals surface area (Å²) >= 11 is 12.5. The number of rotatable bonds is 2. The van der Waals surface area contributed by atoms with Gasteiger partial charge in [-0.2, -0.15) is 5.10 Å². The summed E-state index contributed by atoms with van der Waals surface area (Å²) in [5, 5.41) is 9.80. The summed E-state index contributed by atoms with van der Waals surface area (Å²) in [6, 6.07) is 24.3. The smallest absolute Gasteiger partial charge is 0.250 e. The molecule has 1 amide bonds. The normalized spacial score (nSPS) is 32.3. The van der Waals surface area contributed by atoms with Crippen LogP contribution < -0.4 is 10.7 Å². The van der Waals surface area contributed by atoms with E-state index in [0.29, 0.717) is 23.1 Å². The van der Waals surface area contributed by atoms with Gasteiger partial charge >= 0.3 is 0 Å². The zero-order chi connectivity index (χ0) is 26.2. The summed E-state index contributed by atoms with van der Waals surface area (Å²) in [6.07, 6.45) is 0. The van der Waals surface area contributed by atoms with Gasteiger partial charge in [0, 0.05) is 52.8 Å². The quantitative estimate of drug-likeness (QED) is 0.469. The van der Waals surface area contributed by atoms with E-state index >= 15 is 0 Å². The summed E-state index contributed by atoms with van der Waals surface area (Å²) in [4.78, 5) is 19.0. The lowest BCUT2D eigenvalue weighted by molar-refractivity contribution is -0.130. The molecular weight excluding hydrogens is 517 g/mol. The topological polar surface area (TPSA) is 60.0 Å². The number of nitrogens with one attached hydrogen (secondary N) is 2. The molecule has 0 radical (unpaired) electrons. The van der Waals surface area contributed by atoms with Gasteiger partial charge in [-0.25, -0.2) is 0 Å². The van der Waals surface area contributed by atoms with E-state index < -0.39 is 11.0 Å². The fourth-order valence-electron chi connectivity index (χ4n) is 7.87. The highest BCUT2D eigenvalue weighted by Crippen LogP contribution is 2.65. The molecule has 4 aliphatic rings. The first-order valence-corrected chi connectivity index (χ1v) is 13.8. The minimum Gasteiger partial charge on any atom is -0.324 e. The lowest BCUT2D eigenvalue weighted by Crippen LogP contribution is -2.66. The van der Waals surface area contributed by atoms with E-state index in [1.54, 1.807) is 0 Å². The molecule has 3 aromatic rings. The van der Waals surface area contributed by atoms with Crippen molar-refractivity contribution in [2.45, 2.75) is 17.5 Å². The van der Waals surface area contributed by atoms with Crippen LogP contribution in [0.15, 0.2) is 77.9 Å². The number of anilines is 1. The van der Waals surface area contributed by atoms with E-state index in [4.69, 9.17) is 28.3 Å². The van der Waals surface area contributed by atoms with Crippen LogP contribution >= 0.6 is 23.2 Å². The van der Waals surface area contributed by atoms with Crippen LogP contribution in [0.4, 0.5) is 5.69 Å². The van der Waals surface area contributed by atoms with Crippen molar-refractivity contribution in [3.63, 3.8) is 0 Å². The average molecular weight is 547 g/mol. The van der Waals surface area contributed by atoms with Gasteiger partial charge in [-0.1, -0.05) is 65.7 Å². The molecule has 2 fully saturated rings. The van der Waals surface area contributed by atoms with Crippen molar-refractivity contribution in [2.24, 2.45) is 16.4 Å². The SMILES string of the molecule is CN1CC2C(=NNC2c2ccc(Cl)cc2)[C@@]2(C1)[C@H](c1ccc(Cl)cc1)CN(C)[C@]21C(=O)Nc2ccccc21. The standard InChI is InChI=1S/C30H29Cl2N5O/c1-36-15-22-26(19-9-13-21(32)14-10-19)34-35-27(22)29(17-36)24(18-7-11-20(31)12-8-18)16-37(2)30(29)23-5-3-4-6-25(23)33-28(30)38/h3-14,22,24,26,34H,15-17H2,1-2H3,(H,33,38)/t22?,24-,26?,29+,30+/m0/s1. The van der Waals surface area contributed by atoms with Crippen LogP contribution in [0.3, 0.4) is 0 Å². The van der Waals surface area contributed by atoms with E-state index in [1.807, 2.05) is 42.5 Å². The molecule has 4 heterocycles. The molecule has 2 N–H and O–H groups in total. The van der Waals surface area contributed by atoms with Crippen molar-refractivity contribution < 1.29 is 4.79 Å². The molecule has 2 unspecified atom stereocenters. The molecule has 194 valence electrons. The second kappa shape index (κ2) is 8.55. The van der Waals surface area contributed by atoms with Crippen LogP contribution in [-0.4, -0.2) is 55.1 Å². The van der Waals surface area contributed by atoms with Crippen molar-refractivity contribution in [3.05, 3.63) is 99.5 Å². The maximum absolute atomic E-state index is 14.4. The molecule has 2 spiro atoms. The highest BCUT2D eigenvalue weighted by Gasteiger charge is 2.74. The maximum atomic E-state index is 14.4. The van der Waals surface area contributed by atoms with Crippen LogP contribution in [0.5, 0.6) is 0 Å². The molecule has 8 heteroatoms. The lowest BCUT2D eigenvalue weighted by atomic mass is 9.54. The molecule has 6 nitrogen and oxygen atoms in total. The van der Waals surface area contributed by atoms with E-state index in [2.05, 4.69) is 65.0 Å². The predicted octanol–water partition coefficient (Wildman–Crippen LogP) is 5.12. The molecule has 38 heavy (non-hydrogen) atoms. The summed E-state index contributed by atoms with van der Waals surface area (Å²) in [5.74, 6) is 0.134. The molecule has 2 saturated heterocycles. The number of halogens is 2. The van der Waals surface area contributed by atoms with Crippen LogP contribution in [0.1, 0.15) is 28.7 Å². The summed E-state index contributed by atoms with van der Waals surface area (Å²) in [6.45, 7) is 2.27. The number of carbonyl (C=O) groups is 1. The number of hydrogen-bond donors (Lipinski definition) is 2. The molecule has 0 bridgehead atoms. The van der Waals surface area contributed by atoms with Gasteiger partial charge in [0.2, 0.25) is 0 Å². The summed E-state index contributed by atoms with van der Waals surface area (Å²) in [7, 11) is 4.25. The van der Waals surface area contributed by atoms with Crippen molar-refractivity contribution in [1.82, 2.24) is 15.2 Å². The molecule has 0 saturated carbocycles. The molecule has 5 atom stereocenters. The Bertz CT molecular complexity index is 1460. The second-order valence-electron chi connectivity index (χ2n) is 11.1. The number of amides is 1. The third-order valence-corrected chi connectivity index (χ3v) is 9.73. The minimum absolute atomic E-state index is 0.00424. The fourth-order valence-corrected chi connectivity index (χ4v) is 8.13. The monoisotopic (exact) mass is 545 g/mol. The molecular formula is C30H29Cl2N5O. The van der Waals surface area contributed by atoms with E-state index in [1.165, 1.54) is 5.56 Å². The third-order valence-electron chi connectivity index (χ3n) is 9.23. The van der Waals surface area contributed by atoms with Gasteiger partial charge in [-0.3, -0.25) is 9.69 Å². The Balaban J connectivity index is 1.47. The first-order valence-electron chi connectivity index (χ1n) is 13.0. The van der Waals surface area contributed by atoms with Gasteiger partial charge in [0.1, 0.15) is 5.54 Å². The molecule has 0 aliphatic carbocycles. The number of nitrogens with zero attached hydrogens (tertiary/aromatic N) is 3. The van der Waals surface area contributed by atoms with Gasteiger partial charge in [-0.15, -0.1) is 0 Å². The number of likely N-dealkylation sites (tertiary alicyclic amines) is 2. The number of hydrogen-bond acceptors (Lipinski definition) is 5. The highest BCUT2D eigenvalue weighted by molar-refractivity contribution is 6.30. The average Bonchev–Trinajstić information content (AvgIpc) is 3.54.